The predicted molar refractivity (Wildman–Crippen MR) is 54.5 cm³/mol. The van der Waals surface area contributed by atoms with E-state index in [1.807, 2.05) is 24.3 Å². The van der Waals surface area contributed by atoms with Gasteiger partial charge in [0.25, 0.3) is 0 Å². The van der Waals surface area contributed by atoms with Gasteiger partial charge in [-0.15, -0.1) is 0 Å². The summed E-state index contributed by atoms with van der Waals surface area (Å²) in [7, 11) is 1.57. The molecule has 0 atom stereocenters. The Morgan fingerprint density at radius 1 is 1.50 bits per heavy atom. The molecule has 0 fully saturated rings. The number of rotatable bonds is 2. The van der Waals surface area contributed by atoms with Crippen LogP contribution in [0, 0.1) is 0 Å². The van der Waals surface area contributed by atoms with Crippen LogP contribution in [0.15, 0.2) is 24.3 Å². The summed E-state index contributed by atoms with van der Waals surface area (Å²) >= 11 is 0. The van der Waals surface area contributed by atoms with Crippen LogP contribution in [0.2, 0.25) is 0 Å². The van der Waals surface area contributed by atoms with Crippen LogP contribution in [-0.2, 0) is 4.84 Å². The Bertz CT molecular complexity index is 374. The molecule has 1 aliphatic rings. The van der Waals surface area contributed by atoms with Crippen molar-refractivity contribution in [2.45, 2.75) is 0 Å². The van der Waals surface area contributed by atoms with Crippen LogP contribution in [-0.4, -0.2) is 13.7 Å². The second-order valence-electron chi connectivity index (χ2n) is 2.99. The van der Waals surface area contributed by atoms with Gasteiger partial charge < -0.3 is 10.5 Å². The minimum atomic E-state index is 0.544. The van der Waals surface area contributed by atoms with Crippen molar-refractivity contribution in [3.63, 3.8) is 0 Å². The summed E-state index contributed by atoms with van der Waals surface area (Å²) in [4.78, 5) is 4.86. The van der Waals surface area contributed by atoms with Crippen molar-refractivity contribution < 1.29 is 9.57 Å². The molecule has 0 saturated carbocycles. The lowest BCUT2D eigenvalue weighted by atomic mass is 10.1. The van der Waals surface area contributed by atoms with Crippen LogP contribution in [0.5, 0.6) is 5.75 Å². The van der Waals surface area contributed by atoms with E-state index in [1.165, 1.54) is 0 Å². The smallest absolute Gasteiger partial charge is 0.129 e. The topological polar surface area (TPSA) is 56.5 Å². The third kappa shape index (κ3) is 1.52. The molecule has 0 saturated heterocycles. The van der Waals surface area contributed by atoms with Gasteiger partial charge in [0.1, 0.15) is 12.4 Å². The number of benzene rings is 1. The van der Waals surface area contributed by atoms with E-state index in [9.17, 15) is 0 Å². The van der Waals surface area contributed by atoms with Gasteiger partial charge in [0.2, 0.25) is 0 Å². The molecule has 1 heterocycles. The number of hydrogen-bond acceptors (Lipinski definition) is 4. The number of nitrogens with two attached hydrogens (primary N) is 1. The lowest BCUT2D eigenvalue weighted by molar-refractivity contribution is 0.135. The van der Waals surface area contributed by atoms with Crippen molar-refractivity contribution in [1.82, 2.24) is 5.48 Å². The Balaban J connectivity index is 2.40. The molecule has 2 rings (SSSR count). The highest BCUT2D eigenvalue weighted by atomic mass is 16.6. The van der Waals surface area contributed by atoms with Gasteiger partial charge in [-0.1, -0.05) is 0 Å². The Hall–Kier alpha value is -1.68. The number of ether oxygens (including phenoxy) is 1. The molecule has 74 valence electrons. The molecule has 3 N–H and O–H groups in total. The first-order valence-corrected chi connectivity index (χ1v) is 4.33. The SMILES string of the molecule is CONC1=CCOc2ccc(N)cc21. The van der Waals surface area contributed by atoms with E-state index >= 15 is 0 Å². The number of hydroxylamine groups is 1. The van der Waals surface area contributed by atoms with Crippen LogP contribution in [0.1, 0.15) is 5.56 Å². The van der Waals surface area contributed by atoms with Gasteiger partial charge in [-0.3, -0.25) is 10.3 Å². The first-order valence-electron chi connectivity index (χ1n) is 4.33. The number of anilines is 1. The number of nitrogen functional groups attached to an aromatic ring is 1. The summed E-state index contributed by atoms with van der Waals surface area (Å²) in [5.41, 5.74) is 11.0. The van der Waals surface area contributed by atoms with E-state index < -0.39 is 0 Å². The molecule has 0 aliphatic carbocycles. The third-order valence-electron chi connectivity index (χ3n) is 2.03. The van der Waals surface area contributed by atoms with Crippen LogP contribution in [0.4, 0.5) is 5.69 Å². The molecule has 1 aliphatic heterocycles. The van der Waals surface area contributed by atoms with Gasteiger partial charge in [0, 0.05) is 11.3 Å². The number of fused-ring (bicyclic) bond motifs is 1. The summed E-state index contributed by atoms with van der Waals surface area (Å²) in [6.07, 6.45) is 1.91. The standard InChI is InChI=1S/C10H12N2O2/c1-13-12-9-4-5-14-10-3-2-7(11)6-8(9)10/h2-4,6,12H,5,11H2,1H3. The number of nitrogens with one attached hydrogen (secondary N) is 1. The molecule has 1 aromatic carbocycles. The third-order valence-corrected chi connectivity index (χ3v) is 2.03. The molecule has 14 heavy (non-hydrogen) atoms. The Kier molecular flexibility index (Phi) is 2.28. The van der Waals surface area contributed by atoms with Gasteiger partial charge >= 0.3 is 0 Å². The zero-order chi connectivity index (χ0) is 9.97. The fourth-order valence-corrected chi connectivity index (χ4v) is 1.42. The second kappa shape index (κ2) is 3.59. The first-order chi connectivity index (χ1) is 6.81. The average Bonchev–Trinajstić information content (AvgIpc) is 2.19. The molecule has 1 aromatic rings. The highest BCUT2D eigenvalue weighted by molar-refractivity contribution is 5.72. The maximum absolute atomic E-state index is 5.69. The monoisotopic (exact) mass is 192 g/mol. The maximum Gasteiger partial charge on any atom is 0.129 e. The maximum atomic E-state index is 5.69. The fourth-order valence-electron chi connectivity index (χ4n) is 1.42. The van der Waals surface area contributed by atoms with Crippen molar-refractivity contribution in [2.24, 2.45) is 0 Å². The van der Waals surface area contributed by atoms with Crippen LogP contribution >= 0.6 is 0 Å². The minimum Gasteiger partial charge on any atom is -0.489 e. The molecular weight excluding hydrogens is 180 g/mol. The predicted octanol–water partition coefficient (Wildman–Crippen LogP) is 1.15. The van der Waals surface area contributed by atoms with E-state index in [2.05, 4.69) is 5.48 Å². The van der Waals surface area contributed by atoms with Crippen LogP contribution < -0.4 is 16.0 Å². The zero-order valence-electron chi connectivity index (χ0n) is 7.91. The molecule has 0 bridgehead atoms. The van der Waals surface area contributed by atoms with E-state index in [0.717, 1.165) is 17.0 Å². The molecule has 0 radical (unpaired) electrons. The first kappa shape index (κ1) is 8.90. The summed E-state index contributed by atoms with van der Waals surface area (Å²) in [5.74, 6) is 0.821. The van der Waals surface area contributed by atoms with Crippen LogP contribution in [0.3, 0.4) is 0 Å². The van der Waals surface area contributed by atoms with Crippen molar-refractivity contribution in [2.75, 3.05) is 19.5 Å². The summed E-state index contributed by atoms with van der Waals surface area (Å²) in [5, 5.41) is 0. The molecule has 4 nitrogen and oxygen atoms in total. The van der Waals surface area contributed by atoms with Crippen molar-refractivity contribution in [3.05, 3.63) is 29.8 Å². The zero-order valence-corrected chi connectivity index (χ0v) is 7.91. The summed E-state index contributed by atoms with van der Waals surface area (Å²) < 4.78 is 5.43. The fraction of sp³-hybridized carbons (Fsp3) is 0.200. The van der Waals surface area contributed by atoms with Crippen molar-refractivity contribution in [1.29, 1.82) is 0 Å². The van der Waals surface area contributed by atoms with E-state index in [4.69, 9.17) is 15.3 Å². The lowest BCUT2D eigenvalue weighted by Crippen LogP contribution is -2.16. The Labute approximate surface area is 82.3 Å². The van der Waals surface area contributed by atoms with Gasteiger partial charge in [0.05, 0.1) is 12.8 Å². The summed E-state index contributed by atoms with van der Waals surface area (Å²) in [6.45, 7) is 0.544. The molecule has 0 aromatic heterocycles. The highest BCUT2D eigenvalue weighted by Crippen LogP contribution is 2.29. The van der Waals surface area contributed by atoms with Crippen molar-refractivity contribution >= 4 is 11.4 Å². The van der Waals surface area contributed by atoms with Gasteiger partial charge in [0.15, 0.2) is 0 Å². The largest absolute Gasteiger partial charge is 0.489 e. The van der Waals surface area contributed by atoms with Gasteiger partial charge in [-0.25, -0.2) is 0 Å². The Morgan fingerprint density at radius 3 is 3.14 bits per heavy atom. The Morgan fingerprint density at radius 2 is 2.36 bits per heavy atom. The average molecular weight is 192 g/mol. The van der Waals surface area contributed by atoms with Crippen LogP contribution in [0.25, 0.3) is 5.70 Å². The van der Waals surface area contributed by atoms with Gasteiger partial charge in [-0.2, -0.15) is 0 Å². The second-order valence-corrected chi connectivity index (χ2v) is 2.99. The molecule has 0 unspecified atom stereocenters. The molecular formula is C10H12N2O2. The highest BCUT2D eigenvalue weighted by Gasteiger charge is 2.13. The van der Waals surface area contributed by atoms with E-state index in [-0.39, 0.29) is 0 Å². The molecule has 0 spiro atoms. The molecule has 4 heteroatoms. The van der Waals surface area contributed by atoms with Gasteiger partial charge in [-0.05, 0) is 24.3 Å². The molecule has 0 amide bonds. The quantitative estimate of drug-likeness (QED) is 0.545. The van der Waals surface area contributed by atoms with E-state index in [0.29, 0.717) is 12.3 Å². The summed E-state index contributed by atoms with van der Waals surface area (Å²) in [6, 6.07) is 5.52. The normalized spacial score (nSPS) is 13.9. The number of hydrogen-bond donors (Lipinski definition) is 2. The van der Waals surface area contributed by atoms with Crippen molar-refractivity contribution in [3.8, 4) is 5.75 Å². The van der Waals surface area contributed by atoms with E-state index in [1.54, 1.807) is 7.11 Å². The minimum absolute atomic E-state index is 0.544. The lowest BCUT2D eigenvalue weighted by Gasteiger charge is -2.19.